The molecule has 0 saturated carbocycles. The lowest BCUT2D eigenvalue weighted by Crippen LogP contribution is -2.29. The molecule has 2 aromatic rings. The minimum atomic E-state index is -0.680. The maximum absolute atomic E-state index is 12.3. The van der Waals surface area contributed by atoms with Crippen molar-refractivity contribution < 1.29 is 14.3 Å². The zero-order valence-electron chi connectivity index (χ0n) is 13.2. The lowest BCUT2D eigenvalue weighted by atomic mass is 10.1. The van der Waals surface area contributed by atoms with Crippen LogP contribution in [0, 0.1) is 0 Å². The molecular formula is C13H14N8O4. The first-order valence-electron chi connectivity index (χ1n) is 7.35. The molecule has 25 heavy (non-hydrogen) atoms. The summed E-state index contributed by atoms with van der Waals surface area (Å²) in [4.78, 5) is 33.7. The second kappa shape index (κ2) is 7.11. The molecule has 0 unspecified atom stereocenters. The lowest BCUT2D eigenvalue weighted by molar-refractivity contribution is -0.146. The van der Waals surface area contributed by atoms with E-state index in [0.29, 0.717) is 5.82 Å². The Bertz CT molecular complexity index is 857. The van der Waals surface area contributed by atoms with E-state index in [2.05, 4.69) is 25.1 Å². The summed E-state index contributed by atoms with van der Waals surface area (Å²) in [5.41, 5.74) is 8.12. The molecule has 0 aliphatic carbocycles. The normalized spacial score (nSPS) is 22.4. The molecule has 0 aromatic carbocycles. The predicted octanol–water partition coefficient (Wildman–Crippen LogP) is 0.353. The van der Waals surface area contributed by atoms with Crippen molar-refractivity contribution in [3.63, 3.8) is 0 Å². The monoisotopic (exact) mass is 346 g/mol. The number of nitrogens with zero attached hydrogens (tertiary/aromatic N) is 8. The van der Waals surface area contributed by atoms with Crippen LogP contribution in [0.4, 0.5) is 0 Å². The summed E-state index contributed by atoms with van der Waals surface area (Å²) < 4.78 is 13.3. The van der Waals surface area contributed by atoms with E-state index in [1.165, 1.54) is 35.0 Å². The van der Waals surface area contributed by atoms with Crippen LogP contribution in [0.15, 0.2) is 34.8 Å². The van der Waals surface area contributed by atoms with Gasteiger partial charge in [0.1, 0.15) is 31.6 Å². The zero-order chi connectivity index (χ0) is 17.8. The Labute approximate surface area is 140 Å². The summed E-state index contributed by atoms with van der Waals surface area (Å²) >= 11 is 0. The maximum Gasteiger partial charge on any atom is 0.351 e. The van der Waals surface area contributed by atoms with E-state index < -0.39 is 30.0 Å². The molecular weight excluding hydrogens is 332 g/mol. The maximum atomic E-state index is 12.3. The molecule has 12 heteroatoms. The van der Waals surface area contributed by atoms with Crippen LogP contribution in [-0.4, -0.2) is 49.0 Å². The van der Waals surface area contributed by atoms with E-state index in [9.17, 15) is 9.59 Å². The first-order chi connectivity index (χ1) is 12.1. The van der Waals surface area contributed by atoms with Crippen LogP contribution < -0.4 is 5.69 Å². The number of azide groups is 1. The van der Waals surface area contributed by atoms with E-state index in [1.54, 1.807) is 6.07 Å². The highest BCUT2D eigenvalue weighted by atomic mass is 16.6. The average molecular weight is 346 g/mol. The van der Waals surface area contributed by atoms with Gasteiger partial charge >= 0.3 is 11.7 Å². The molecule has 0 spiro atoms. The van der Waals surface area contributed by atoms with Crippen LogP contribution in [0.25, 0.3) is 16.3 Å². The van der Waals surface area contributed by atoms with Crippen molar-refractivity contribution >= 4 is 5.97 Å². The van der Waals surface area contributed by atoms with Gasteiger partial charge in [0.25, 0.3) is 0 Å². The minimum Gasteiger partial charge on any atom is -0.463 e. The Kier molecular flexibility index (Phi) is 4.73. The van der Waals surface area contributed by atoms with Crippen molar-refractivity contribution in [3.8, 4) is 5.82 Å². The van der Waals surface area contributed by atoms with E-state index in [1.807, 2.05) is 0 Å². The fourth-order valence-corrected chi connectivity index (χ4v) is 2.50. The standard InChI is InChI=1S/C13H14N8O4/c1-8(22)24-5-10-9(18-19-14)4-12(25-10)20-3-2-11(17-13(20)23)21-7-15-6-16-21/h2-3,6-7,9-10,12H,4-5H2,1H3/t9-,10-,12+/m0/s1. The van der Waals surface area contributed by atoms with Crippen molar-refractivity contribution in [2.45, 2.75) is 31.7 Å². The van der Waals surface area contributed by atoms with E-state index in [-0.39, 0.29) is 13.0 Å². The van der Waals surface area contributed by atoms with Crippen LogP contribution in [0.1, 0.15) is 19.6 Å². The highest BCUT2D eigenvalue weighted by Gasteiger charge is 2.37. The first-order valence-corrected chi connectivity index (χ1v) is 7.35. The van der Waals surface area contributed by atoms with Crippen molar-refractivity contribution in [3.05, 3.63) is 45.8 Å². The molecule has 0 bridgehead atoms. The zero-order valence-corrected chi connectivity index (χ0v) is 13.2. The Balaban J connectivity index is 1.80. The molecule has 3 heterocycles. The number of carbonyl (C=O) groups excluding carboxylic acids is 1. The Morgan fingerprint density at radius 3 is 3.08 bits per heavy atom. The summed E-state index contributed by atoms with van der Waals surface area (Å²) in [5, 5.41) is 7.56. The van der Waals surface area contributed by atoms with Gasteiger partial charge in [-0.25, -0.2) is 14.5 Å². The Hall–Kier alpha value is -3.24. The fraction of sp³-hybridized carbons (Fsp3) is 0.462. The topological polar surface area (TPSA) is 150 Å². The van der Waals surface area contributed by atoms with Gasteiger partial charge in [-0.05, 0) is 11.6 Å². The fourth-order valence-electron chi connectivity index (χ4n) is 2.50. The summed E-state index contributed by atoms with van der Waals surface area (Å²) in [7, 11) is 0. The molecule has 0 amide bonds. The van der Waals surface area contributed by atoms with E-state index >= 15 is 0 Å². The molecule has 0 N–H and O–H groups in total. The van der Waals surface area contributed by atoms with Gasteiger partial charge in [0.2, 0.25) is 0 Å². The van der Waals surface area contributed by atoms with Gasteiger partial charge in [-0.15, -0.1) is 0 Å². The predicted molar refractivity (Wildman–Crippen MR) is 81.5 cm³/mol. The number of ether oxygens (including phenoxy) is 2. The largest absolute Gasteiger partial charge is 0.463 e. The van der Waals surface area contributed by atoms with Gasteiger partial charge in [-0.1, -0.05) is 5.11 Å². The SMILES string of the molecule is CC(=O)OC[C@@H]1O[C@@H](n2ccc(-n3cncn3)nc2=O)C[C@@H]1N=[N+]=[N-]. The molecule has 130 valence electrons. The highest BCUT2D eigenvalue weighted by molar-refractivity contribution is 5.65. The number of carbonyl (C=O) groups is 1. The molecule has 1 saturated heterocycles. The summed E-state index contributed by atoms with van der Waals surface area (Å²) in [5.74, 6) is -0.150. The third kappa shape index (κ3) is 3.65. The van der Waals surface area contributed by atoms with Crippen molar-refractivity contribution in [2.24, 2.45) is 5.11 Å². The molecule has 1 fully saturated rings. The van der Waals surface area contributed by atoms with Crippen LogP contribution in [0.2, 0.25) is 0 Å². The minimum absolute atomic E-state index is 0.0608. The molecule has 1 aliphatic rings. The number of rotatable bonds is 5. The number of hydrogen-bond acceptors (Lipinski definition) is 8. The Morgan fingerprint density at radius 1 is 1.60 bits per heavy atom. The average Bonchev–Trinajstić information content (AvgIpc) is 3.23. The molecule has 2 aromatic heterocycles. The van der Waals surface area contributed by atoms with Crippen molar-refractivity contribution in [1.82, 2.24) is 24.3 Å². The van der Waals surface area contributed by atoms with Crippen molar-refractivity contribution in [1.29, 1.82) is 0 Å². The van der Waals surface area contributed by atoms with Crippen LogP contribution >= 0.6 is 0 Å². The first kappa shape index (κ1) is 16.6. The van der Waals surface area contributed by atoms with Crippen LogP contribution in [0.3, 0.4) is 0 Å². The number of esters is 1. The summed E-state index contributed by atoms with van der Waals surface area (Å²) in [6.07, 6.45) is 3.22. The van der Waals surface area contributed by atoms with E-state index in [4.69, 9.17) is 15.0 Å². The third-order valence-electron chi connectivity index (χ3n) is 3.63. The molecule has 0 radical (unpaired) electrons. The third-order valence-corrected chi connectivity index (χ3v) is 3.63. The van der Waals surface area contributed by atoms with Gasteiger partial charge < -0.3 is 9.47 Å². The molecule has 12 nitrogen and oxygen atoms in total. The van der Waals surface area contributed by atoms with Crippen LogP contribution in [0.5, 0.6) is 0 Å². The number of hydrogen-bond donors (Lipinski definition) is 0. The second-order valence-corrected chi connectivity index (χ2v) is 5.26. The summed E-state index contributed by atoms with van der Waals surface area (Å²) in [6.45, 7) is 1.21. The van der Waals surface area contributed by atoms with Gasteiger partial charge in [0.15, 0.2) is 5.82 Å². The van der Waals surface area contributed by atoms with Crippen molar-refractivity contribution in [2.75, 3.05) is 6.61 Å². The van der Waals surface area contributed by atoms with Gasteiger partial charge in [0.05, 0.1) is 6.04 Å². The Morgan fingerprint density at radius 2 is 2.44 bits per heavy atom. The summed E-state index contributed by atoms with van der Waals surface area (Å²) in [6, 6.07) is 1.03. The molecule has 1 aliphatic heterocycles. The van der Waals surface area contributed by atoms with Gasteiger partial charge in [-0.2, -0.15) is 10.1 Å². The quantitative estimate of drug-likeness (QED) is 0.328. The van der Waals surface area contributed by atoms with Gasteiger partial charge in [0, 0.05) is 24.5 Å². The highest BCUT2D eigenvalue weighted by Crippen LogP contribution is 2.30. The number of aromatic nitrogens is 5. The molecule has 3 rings (SSSR count). The van der Waals surface area contributed by atoms with E-state index in [0.717, 1.165) is 0 Å². The molecule has 3 atom stereocenters. The lowest BCUT2D eigenvalue weighted by Gasteiger charge is -2.16. The smallest absolute Gasteiger partial charge is 0.351 e. The van der Waals surface area contributed by atoms with Gasteiger partial charge in [-0.3, -0.25) is 9.36 Å². The van der Waals surface area contributed by atoms with Crippen LogP contribution in [-0.2, 0) is 14.3 Å². The second-order valence-electron chi connectivity index (χ2n) is 5.26.